The minimum absolute atomic E-state index is 0.0753. The summed E-state index contributed by atoms with van der Waals surface area (Å²) in [6.07, 6.45) is 0.763. The zero-order valence-corrected chi connectivity index (χ0v) is 11.2. The van der Waals surface area contributed by atoms with E-state index in [2.05, 4.69) is 15.9 Å². The topological polar surface area (TPSA) is 52.6 Å². The maximum absolute atomic E-state index is 11.2. The number of sulfone groups is 1. The Bertz CT molecular complexity index is 278. The van der Waals surface area contributed by atoms with Crippen LogP contribution in [-0.4, -0.2) is 50.7 Å². The van der Waals surface area contributed by atoms with Crippen LogP contribution in [0.4, 0.5) is 0 Å². The molecule has 0 radical (unpaired) electrons. The van der Waals surface area contributed by atoms with Crippen molar-refractivity contribution in [3.8, 4) is 0 Å². The predicted molar refractivity (Wildman–Crippen MR) is 62.2 cm³/mol. The summed E-state index contributed by atoms with van der Waals surface area (Å²) in [5, 5.41) is 0. The van der Waals surface area contributed by atoms with Gasteiger partial charge < -0.3 is 9.47 Å². The van der Waals surface area contributed by atoms with Crippen molar-refractivity contribution in [3.05, 3.63) is 0 Å². The Hall–Kier alpha value is 0.350. The molecule has 1 rings (SSSR count). The number of hydrogen-bond acceptors (Lipinski definition) is 4. The molecule has 0 N–H and O–H groups in total. The summed E-state index contributed by atoms with van der Waals surface area (Å²) in [6.45, 7) is 3.76. The van der Waals surface area contributed by atoms with Crippen LogP contribution in [0.1, 0.15) is 13.3 Å². The van der Waals surface area contributed by atoms with E-state index in [1.165, 1.54) is 0 Å². The van der Waals surface area contributed by atoms with Crippen molar-refractivity contribution in [2.75, 3.05) is 31.3 Å². The second kappa shape index (κ2) is 6.18. The van der Waals surface area contributed by atoms with Crippen LogP contribution in [0.5, 0.6) is 0 Å². The first kappa shape index (κ1) is 13.4. The van der Waals surface area contributed by atoms with Crippen LogP contribution >= 0.6 is 15.9 Å². The maximum atomic E-state index is 11.2. The highest BCUT2D eigenvalue weighted by Gasteiger charge is 2.36. The van der Waals surface area contributed by atoms with Crippen molar-refractivity contribution in [2.45, 2.75) is 24.3 Å². The van der Waals surface area contributed by atoms with Crippen LogP contribution in [0.15, 0.2) is 0 Å². The third-order valence-electron chi connectivity index (χ3n) is 2.14. The van der Waals surface area contributed by atoms with Crippen LogP contribution < -0.4 is 0 Å². The molecule has 0 aromatic heterocycles. The van der Waals surface area contributed by atoms with Gasteiger partial charge in [-0.05, 0) is 6.42 Å². The SMILES string of the molecule is CCCOCCOC1CS(=O)(=O)CC1Br. The van der Waals surface area contributed by atoms with E-state index in [-0.39, 0.29) is 22.4 Å². The molecule has 1 aliphatic heterocycles. The maximum Gasteiger partial charge on any atom is 0.154 e. The first-order valence-corrected chi connectivity index (χ1v) is 7.82. The predicted octanol–water partition coefficient (Wildman–Crippen LogP) is 0.990. The molecule has 1 saturated heterocycles. The van der Waals surface area contributed by atoms with Crippen molar-refractivity contribution in [2.24, 2.45) is 0 Å². The normalized spacial score (nSPS) is 29.5. The summed E-state index contributed by atoms with van der Waals surface area (Å²) >= 11 is 3.32. The molecule has 0 aromatic rings. The van der Waals surface area contributed by atoms with Crippen molar-refractivity contribution >= 4 is 25.8 Å². The minimum Gasteiger partial charge on any atom is -0.379 e. The zero-order valence-electron chi connectivity index (χ0n) is 8.82. The smallest absolute Gasteiger partial charge is 0.154 e. The van der Waals surface area contributed by atoms with Crippen LogP contribution in [0.2, 0.25) is 0 Å². The fourth-order valence-corrected chi connectivity index (χ4v) is 4.89. The number of hydrogen-bond donors (Lipinski definition) is 0. The van der Waals surface area contributed by atoms with Gasteiger partial charge in [-0.1, -0.05) is 22.9 Å². The van der Waals surface area contributed by atoms with Crippen LogP contribution in [0.3, 0.4) is 0 Å². The molecule has 2 atom stereocenters. The molecule has 0 aromatic carbocycles. The van der Waals surface area contributed by atoms with Gasteiger partial charge in [-0.2, -0.15) is 0 Å². The first-order chi connectivity index (χ1) is 7.05. The Balaban J connectivity index is 2.17. The van der Waals surface area contributed by atoms with Crippen LogP contribution in [0.25, 0.3) is 0 Å². The molecule has 0 aliphatic carbocycles. The Labute approximate surface area is 99.4 Å². The number of rotatable bonds is 6. The lowest BCUT2D eigenvalue weighted by Crippen LogP contribution is -2.24. The number of ether oxygens (including phenoxy) is 2. The minimum atomic E-state index is -2.90. The van der Waals surface area contributed by atoms with Gasteiger partial charge in [0, 0.05) is 6.61 Å². The van der Waals surface area contributed by atoms with Gasteiger partial charge in [-0.25, -0.2) is 8.42 Å². The Morgan fingerprint density at radius 3 is 2.53 bits per heavy atom. The van der Waals surface area contributed by atoms with Crippen LogP contribution in [-0.2, 0) is 19.3 Å². The summed E-state index contributed by atoms with van der Waals surface area (Å²) in [5.41, 5.74) is 0. The molecule has 1 aliphatic rings. The van der Waals surface area contributed by atoms with E-state index >= 15 is 0 Å². The van der Waals surface area contributed by atoms with E-state index in [1.807, 2.05) is 6.92 Å². The second-order valence-electron chi connectivity index (χ2n) is 3.61. The number of halogens is 1. The van der Waals surface area contributed by atoms with Gasteiger partial charge in [0.05, 0.1) is 35.7 Å². The largest absolute Gasteiger partial charge is 0.379 e. The van der Waals surface area contributed by atoms with Gasteiger partial charge in [-0.3, -0.25) is 0 Å². The molecular formula is C9H17BrO4S. The van der Waals surface area contributed by atoms with Crippen molar-refractivity contribution in [1.29, 1.82) is 0 Å². The lowest BCUT2D eigenvalue weighted by Gasteiger charge is -2.13. The second-order valence-corrected chi connectivity index (χ2v) is 6.94. The van der Waals surface area contributed by atoms with Crippen molar-refractivity contribution in [1.82, 2.24) is 0 Å². The van der Waals surface area contributed by atoms with E-state index in [9.17, 15) is 8.42 Å². The third kappa shape index (κ3) is 4.80. The van der Waals surface area contributed by atoms with E-state index < -0.39 is 9.84 Å². The highest BCUT2D eigenvalue weighted by molar-refractivity contribution is 9.09. The van der Waals surface area contributed by atoms with Crippen LogP contribution in [0, 0.1) is 0 Å². The van der Waals surface area contributed by atoms with Gasteiger partial charge in [0.25, 0.3) is 0 Å². The standard InChI is InChI=1S/C9H17BrO4S/c1-2-3-13-4-5-14-9-7-15(11,12)6-8(9)10/h8-9H,2-7H2,1H3. The summed E-state index contributed by atoms with van der Waals surface area (Å²) in [4.78, 5) is -0.0753. The molecular weight excluding hydrogens is 284 g/mol. The molecule has 0 saturated carbocycles. The lowest BCUT2D eigenvalue weighted by atomic mass is 10.3. The Kier molecular flexibility index (Phi) is 5.52. The average molecular weight is 301 g/mol. The zero-order chi connectivity index (χ0) is 11.3. The Morgan fingerprint density at radius 2 is 2.00 bits per heavy atom. The quantitative estimate of drug-likeness (QED) is 0.542. The van der Waals surface area contributed by atoms with Gasteiger partial charge in [0.2, 0.25) is 0 Å². The molecule has 0 amide bonds. The molecule has 15 heavy (non-hydrogen) atoms. The van der Waals surface area contributed by atoms with E-state index in [1.54, 1.807) is 0 Å². The van der Waals surface area contributed by atoms with Crippen molar-refractivity contribution in [3.63, 3.8) is 0 Å². The van der Waals surface area contributed by atoms with E-state index in [0.29, 0.717) is 13.2 Å². The molecule has 0 spiro atoms. The van der Waals surface area contributed by atoms with Crippen molar-refractivity contribution < 1.29 is 17.9 Å². The summed E-state index contributed by atoms with van der Waals surface area (Å²) in [7, 11) is -2.90. The molecule has 4 nitrogen and oxygen atoms in total. The fourth-order valence-electron chi connectivity index (χ4n) is 1.43. The Morgan fingerprint density at radius 1 is 1.27 bits per heavy atom. The van der Waals surface area contributed by atoms with Gasteiger partial charge >= 0.3 is 0 Å². The molecule has 6 heteroatoms. The van der Waals surface area contributed by atoms with E-state index in [4.69, 9.17) is 9.47 Å². The third-order valence-corrected chi connectivity index (χ3v) is 5.19. The highest BCUT2D eigenvalue weighted by Crippen LogP contribution is 2.22. The van der Waals surface area contributed by atoms with Gasteiger partial charge in [0.15, 0.2) is 9.84 Å². The molecule has 90 valence electrons. The summed E-state index contributed by atoms with van der Waals surface area (Å²) < 4.78 is 33.2. The van der Waals surface area contributed by atoms with Gasteiger partial charge in [-0.15, -0.1) is 0 Å². The first-order valence-electron chi connectivity index (χ1n) is 5.09. The molecule has 1 heterocycles. The summed E-state index contributed by atoms with van der Waals surface area (Å²) in [5.74, 6) is 0.296. The van der Waals surface area contributed by atoms with E-state index in [0.717, 1.165) is 13.0 Å². The monoisotopic (exact) mass is 300 g/mol. The molecule has 1 fully saturated rings. The fraction of sp³-hybridized carbons (Fsp3) is 1.00. The lowest BCUT2D eigenvalue weighted by molar-refractivity contribution is 0.0181. The highest BCUT2D eigenvalue weighted by atomic mass is 79.9. The summed E-state index contributed by atoms with van der Waals surface area (Å²) in [6, 6.07) is 0. The molecule has 2 unspecified atom stereocenters. The number of alkyl halides is 1. The average Bonchev–Trinajstić information content (AvgIpc) is 2.39. The van der Waals surface area contributed by atoms with Gasteiger partial charge in [0.1, 0.15) is 0 Å². The molecule has 0 bridgehead atoms.